The van der Waals surface area contributed by atoms with Gasteiger partial charge < -0.3 is 10.0 Å². The van der Waals surface area contributed by atoms with Gasteiger partial charge in [-0.3, -0.25) is 29.4 Å². The first-order valence-corrected chi connectivity index (χ1v) is 16.1. The molecule has 1 amide bonds. The van der Waals surface area contributed by atoms with Crippen molar-refractivity contribution in [2.75, 3.05) is 26.2 Å². The van der Waals surface area contributed by atoms with Gasteiger partial charge in [-0.1, -0.05) is 60.7 Å². The van der Waals surface area contributed by atoms with Gasteiger partial charge in [0.2, 0.25) is 11.7 Å². The van der Waals surface area contributed by atoms with Gasteiger partial charge in [-0.2, -0.15) is 0 Å². The number of aliphatic hydroxyl groups is 1. The second-order valence-corrected chi connectivity index (χ2v) is 12.9. The number of aryl methyl sites for hydroxylation is 1. The number of carbonyl (C=O) groups excluding carboxylic acids is 2. The molecule has 9 nitrogen and oxygen atoms in total. The van der Waals surface area contributed by atoms with Crippen LogP contribution in [0.5, 0.6) is 0 Å². The van der Waals surface area contributed by atoms with Crippen LogP contribution < -0.4 is 0 Å². The van der Waals surface area contributed by atoms with Gasteiger partial charge >= 0.3 is 0 Å². The fourth-order valence-electron chi connectivity index (χ4n) is 7.20. The summed E-state index contributed by atoms with van der Waals surface area (Å²) in [6.07, 6.45) is 8.64. The molecule has 0 spiro atoms. The Morgan fingerprint density at radius 3 is 2.35 bits per heavy atom. The minimum Gasteiger partial charge on any atom is -0.389 e. The fourth-order valence-corrected chi connectivity index (χ4v) is 7.20. The highest BCUT2D eigenvalue weighted by Gasteiger charge is 2.42. The number of nitrogens with zero attached hydrogens (tertiary/aromatic N) is 6. The summed E-state index contributed by atoms with van der Waals surface area (Å²) in [7, 11) is 0. The summed E-state index contributed by atoms with van der Waals surface area (Å²) in [4.78, 5) is 49.3. The molecule has 2 aromatic carbocycles. The number of rotatable bonds is 7. The molecule has 0 radical (unpaired) electrons. The molecular weight excluding hydrogens is 576 g/mol. The van der Waals surface area contributed by atoms with Crippen molar-refractivity contribution in [3.05, 3.63) is 112 Å². The van der Waals surface area contributed by atoms with Crippen LogP contribution >= 0.6 is 0 Å². The molecule has 1 N–H and O–H groups in total. The van der Waals surface area contributed by atoms with E-state index in [0.717, 1.165) is 42.0 Å². The quantitative estimate of drug-likeness (QED) is 0.419. The summed E-state index contributed by atoms with van der Waals surface area (Å²) in [6, 6.07) is 20.0. The summed E-state index contributed by atoms with van der Waals surface area (Å²) >= 11 is 0. The highest BCUT2D eigenvalue weighted by Crippen LogP contribution is 2.40. The number of hydrogen-bond acceptors (Lipinski definition) is 8. The zero-order valence-corrected chi connectivity index (χ0v) is 26.0. The van der Waals surface area contributed by atoms with Crippen LogP contribution in [0.4, 0.5) is 0 Å². The molecule has 5 heterocycles. The lowest BCUT2D eigenvalue weighted by molar-refractivity contribution is -0.142. The number of fused-ring (bicyclic) bond motifs is 1. The van der Waals surface area contributed by atoms with Crippen molar-refractivity contribution in [1.29, 1.82) is 0 Å². The van der Waals surface area contributed by atoms with Gasteiger partial charge in [0.25, 0.3) is 0 Å². The minimum atomic E-state index is -1.03. The van der Waals surface area contributed by atoms with Gasteiger partial charge in [0, 0.05) is 68.6 Å². The number of hydrogen-bond donors (Lipinski definition) is 1. The number of allylic oxidation sites excluding steroid dienone is 1. The molecule has 0 aliphatic carbocycles. The maximum absolute atomic E-state index is 14.1. The van der Waals surface area contributed by atoms with E-state index in [4.69, 9.17) is 0 Å². The zero-order valence-electron chi connectivity index (χ0n) is 26.0. The van der Waals surface area contributed by atoms with E-state index in [1.807, 2.05) is 66.6 Å². The molecule has 3 aromatic rings. The normalized spacial score (nSPS) is 22.8. The van der Waals surface area contributed by atoms with Crippen molar-refractivity contribution >= 4 is 29.8 Å². The zero-order chi connectivity index (χ0) is 31.7. The molecule has 4 aliphatic rings. The van der Waals surface area contributed by atoms with E-state index in [9.17, 15) is 14.7 Å². The lowest BCUT2D eigenvalue weighted by atomic mass is 9.78. The Balaban J connectivity index is 1.03. The smallest absolute Gasteiger partial charge is 0.226 e. The van der Waals surface area contributed by atoms with Crippen LogP contribution in [0.15, 0.2) is 99.9 Å². The molecule has 0 saturated carbocycles. The summed E-state index contributed by atoms with van der Waals surface area (Å²) < 4.78 is 0. The van der Waals surface area contributed by atoms with Gasteiger partial charge in [0.05, 0.1) is 34.5 Å². The largest absolute Gasteiger partial charge is 0.389 e. The molecule has 1 aromatic heterocycles. The summed E-state index contributed by atoms with van der Waals surface area (Å²) in [6.45, 7) is 5.16. The molecule has 4 aliphatic heterocycles. The van der Waals surface area contributed by atoms with Gasteiger partial charge in [-0.25, -0.2) is 4.99 Å². The third-order valence-electron chi connectivity index (χ3n) is 9.72. The Hall–Kier alpha value is -4.60. The molecule has 0 unspecified atom stereocenters. The van der Waals surface area contributed by atoms with Crippen molar-refractivity contribution in [1.82, 2.24) is 19.8 Å². The highest BCUT2D eigenvalue weighted by molar-refractivity contribution is 6.40. The standard InChI is InChI=1S/C37H38N6O3/c1-25-19-39-29(21-38-25)23-42-15-12-30(31(24-42)26-8-4-2-5-9-26)36(45)43-16-13-37(46,14-17-43)18-28-20-40-35-33(28)32(44)22-41-34(35)27-10-6-3-7-11-27/h2-11,19-22,30-31,46H,12-18,23-24H2,1H3/t30-,31+/m1/s1. The van der Waals surface area contributed by atoms with Crippen LogP contribution in [0.3, 0.4) is 0 Å². The summed E-state index contributed by atoms with van der Waals surface area (Å²) in [5.74, 6) is -0.104. The lowest BCUT2D eigenvalue weighted by Crippen LogP contribution is -2.51. The molecule has 2 atom stereocenters. The lowest BCUT2D eigenvalue weighted by Gasteiger charge is -2.43. The van der Waals surface area contributed by atoms with Crippen molar-refractivity contribution in [2.45, 2.75) is 50.7 Å². The van der Waals surface area contributed by atoms with E-state index in [1.165, 1.54) is 11.8 Å². The number of Topliss-reactive ketones (excluding diaryl/α,β-unsaturated/α-hetero) is 1. The molecule has 2 fully saturated rings. The maximum atomic E-state index is 14.1. The highest BCUT2D eigenvalue weighted by atomic mass is 16.3. The van der Waals surface area contributed by atoms with Crippen LogP contribution in [-0.2, 0) is 16.1 Å². The van der Waals surface area contributed by atoms with Crippen molar-refractivity contribution in [3.63, 3.8) is 0 Å². The third-order valence-corrected chi connectivity index (χ3v) is 9.72. The van der Waals surface area contributed by atoms with E-state index in [1.54, 1.807) is 12.4 Å². The fraction of sp³-hybridized carbons (Fsp3) is 0.351. The third kappa shape index (κ3) is 6.12. The topological polar surface area (TPSA) is 111 Å². The van der Waals surface area contributed by atoms with Crippen LogP contribution in [0, 0.1) is 12.8 Å². The van der Waals surface area contributed by atoms with Crippen molar-refractivity contribution in [2.24, 2.45) is 15.9 Å². The van der Waals surface area contributed by atoms with Crippen LogP contribution in [0.25, 0.3) is 5.70 Å². The first-order valence-electron chi connectivity index (χ1n) is 16.1. The van der Waals surface area contributed by atoms with E-state index in [-0.39, 0.29) is 23.5 Å². The van der Waals surface area contributed by atoms with E-state index < -0.39 is 5.60 Å². The number of likely N-dealkylation sites (tertiary alicyclic amines) is 2. The number of piperidine rings is 2. The average Bonchev–Trinajstić information content (AvgIpc) is 3.50. The van der Waals surface area contributed by atoms with Gasteiger partial charge in [0.1, 0.15) is 5.70 Å². The first-order chi connectivity index (χ1) is 22.4. The van der Waals surface area contributed by atoms with E-state index in [2.05, 4.69) is 37.0 Å². The van der Waals surface area contributed by atoms with Crippen LogP contribution in [-0.4, -0.2) is 80.8 Å². The first kappa shape index (κ1) is 30.1. The number of amides is 1. The molecule has 7 rings (SSSR count). The second-order valence-electron chi connectivity index (χ2n) is 12.9. The maximum Gasteiger partial charge on any atom is 0.226 e. The SMILES string of the molecule is Cc1cnc(CN2CC[C@@H](C(=O)N3CCC(O)(CC4=C5C(=O)C=NC(c6ccccc6)=C5N=C4)CC3)[C@H](c3ccccc3)C2)cn1. The Kier molecular flexibility index (Phi) is 8.27. The van der Waals surface area contributed by atoms with Crippen molar-refractivity contribution < 1.29 is 14.7 Å². The van der Waals surface area contributed by atoms with Crippen molar-refractivity contribution in [3.8, 4) is 0 Å². The predicted octanol–water partition coefficient (Wildman–Crippen LogP) is 4.54. The summed E-state index contributed by atoms with van der Waals surface area (Å²) in [5, 5.41) is 11.7. The number of aromatic nitrogens is 2. The Bertz CT molecular complexity index is 1740. The van der Waals surface area contributed by atoms with Crippen LogP contribution in [0.1, 0.15) is 54.1 Å². The molecular formula is C37H38N6O3. The van der Waals surface area contributed by atoms with E-state index in [0.29, 0.717) is 55.9 Å². The monoisotopic (exact) mass is 614 g/mol. The molecule has 234 valence electrons. The van der Waals surface area contributed by atoms with Gasteiger partial charge in [-0.05, 0) is 43.9 Å². The number of benzene rings is 2. The Morgan fingerprint density at radius 1 is 0.913 bits per heavy atom. The molecule has 46 heavy (non-hydrogen) atoms. The molecule has 2 saturated heterocycles. The Morgan fingerprint density at radius 2 is 1.63 bits per heavy atom. The average molecular weight is 615 g/mol. The van der Waals surface area contributed by atoms with E-state index >= 15 is 0 Å². The van der Waals surface area contributed by atoms with Crippen LogP contribution in [0.2, 0.25) is 0 Å². The molecule has 9 heteroatoms. The second kappa shape index (κ2) is 12.7. The van der Waals surface area contributed by atoms with Gasteiger partial charge in [-0.15, -0.1) is 0 Å². The minimum absolute atomic E-state index is 0.0614. The Labute approximate surface area is 269 Å². The number of ketones is 1. The van der Waals surface area contributed by atoms with Gasteiger partial charge in [0.15, 0.2) is 0 Å². The number of aliphatic imine (C=N–C) groups is 2. The molecule has 0 bridgehead atoms. The number of carbonyl (C=O) groups is 2. The summed E-state index contributed by atoms with van der Waals surface area (Å²) in [5.41, 5.74) is 5.35. The predicted molar refractivity (Wildman–Crippen MR) is 177 cm³/mol.